The quantitative estimate of drug-likeness (QED) is 0.412. The third-order valence-electron chi connectivity index (χ3n) is 5.62. The first kappa shape index (κ1) is 25.9. The molecule has 3 aromatic rings. The van der Waals surface area contributed by atoms with E-state index in [2.05, 4.69) is 38.1 Å². The number of carbonyl (C=O) groups is 1. The number of amides is 1. The molecule has 4 rings (SSSR count). The van der Waals surface area contributed by atoms with E-state index in [1.807, 2.05) is 38.1 Å². The summed E-state index contributed by atoms with van der Waals surface area (Å²) in [7, 11) is 3.40. The topological polar surface area (TPSA) is 48.0 Å². The van der Waals surface area contributed by atoms with Crippen LogP contribution in [0.2, 0.25) is 0 Å². The number of rotatable bonds is 6. The smallest absolute Gasteiger partial charge is 0.253 e. The van der Waals surface area contributed by atoms with E-state index in [1.165, 1.54) is 11.1 Å². The van der Waals surface area contributed by atoms with Crippen molar-refractivity contribution >= 4 is 12.0 Å². The number of fused-ring (bicyclic) bond motifs is 1. The number of ether oxygens (including phenoxy) is 3. The fourth-order valence-electron chi connectivity index (χ4n) is 3.69. The van der Waals surface area contributed by atoms with Crippen LogP contribution in [0.5, 0.6) is 17.2 Å². The molecule has 1 unspecified atom stereocenters. The van der Waals surface area contributed by atoms with Gasteiger partial charge in [0.1, 0.15) is 11.9 Å². The highest BCUT2D eigenvalue weighted by Crippen LogP contribution is 2.37. The Bertz CT molecular complexity index is 1130. The average molecular weight is 474 g/mol. The second kappa shape index (κ2) is 12.1. The molecule has 35 heavy (non-hydrogen) atoms. The highest BCUT2D eigenvalue weighted by molar-refractivity contribution is 5.94. The standard InChI is InChI=1S/C22H25NO4.C8H10/c1-5-26-20-13-16(12-18-7-6-15(2)27-21(18)20)14-23(3)22(24)17-8-10-19(25-4)11-9-17;1-7-3-5-8(2)6-4-7/h6-13,15H,5,14H2,1-4H3;3-6H,1-2H3. The molecule has 1 aliphatic rings. The largest absolute Gasteiger partial charge is 0.497 e. The Balaban J connectivity index is 0.000000363. The normalized spacial score (nSPS) is 13.6. The molecule has 0 aromatic heterocycles. The van der Waals surface area contributed by atoms with Crippen molar-refractivity contribution in [2.24, 2.45) is 0 Å². The first-order valence-corrected chi connectivity index (χ1v) is 11.9. The maximum Gasteiger partial charge on any atom is 0.253 e. The molecule has 0 saturated carbocycles. The fraction of sp³-hybridized carbons (Fsp3) is 0.300. The van der Waals surface area contributed by atoms with Gasteiger partial charge in [0.15, 0.2) is 11.5 Å². The Labute approximate surface area is 208 Å². The van der Waals surface area contributed by atoms with E-state index in [0.29, 0.717) is 24.5 Å². The molecule has 0 N–H and O–H groups in total. The molecule has 0 spiro atoms. The van der Waals surface area contributed by atoms with Gasteiger partial charge in [-0.1, -0.05) is 41.5 Å². The lowest BCUT2D eigenvalue weighted by atomic mass is 10.0. The number of methoxy groups -OCH3 is 1. The summed E-state index contributed by atoms with van der Waals surface area (Å²) < 4.78 is 16.8. The second-order valence-electron chi connectivity index (χ2n) is 8.67. The number of carbonyl (C=O) groups excluding carboxylic acids is 1. The molecule has 0 saturated heterocycles. The van der Waals surface area contributed by atoms with Gasteiger partial charge in [0.05, 0.1) is 13.7 Å². The molecular formula is C30H35NO4. The molecule has 5 heteroatoms. The van der Waals surface area contributed by atoms with Gasteiger partial charge < -0.3 is 19.1 Å². The number of aryl methyl sites for hydroxylation is 2. The van der Waals surface area contributed by atoms with E-state index in [-0.39, 0.29) is 12.0 Å². The van der Waals surface area contributed by atoms with Crippen LogP contribution in [-0.4, -0.2) is 37.7 Å². The molecule has 0 fully saturated rings. The van der Waals surface area contributed by atoms with E-state index >= 15 is 0 Å². The van der Waals surface area contributed by atoms with Gasteiger partial charge in [0, 0.05) is 24.7 Å². The maximum atomic E-state index is 12.7. The van der Waals surface area contributed by atoms with Gasteiger partial charge >= 0.3 is 0 Å². The minimum Gasteiger partial charge on any atom is -0.497 e. The molecule has 1 aliphatic heterocycles. The van der Waals surface area contributed by atoms with Crippen molar-refractivity contribution in [3.05, 3.63) is 94.6 Å². The zero-order chi connectivity index (χ0) is 25.4. The highest BCUT2D eigenvalue weighted by atomic mass is 16.5. The van der Waals surface area contributed by atoms with Crippen LogP contribution in [0.15, 0.2) is 66.7 Å². The average Bonchev–Trinajstić information content (AvgIpc) is 2.86. The van der Waals surface area contributed by atoms with Gasteiger partial charge in [-0.3, -0.25) is 4.79 Å². The minimum atomic E-state index is -0.0475. The minimum absolute atomic E-state index is 0.0156. The van der Waals surface area contributed by atoms with Crippen LogP contribution >= 0.6 is 0 Å². The van der Waals surface area contributed by atoms with Gasteiger partial charge in [-0.05, 0) is 75.7 Å². The van der Waals surface area contributed by atoms with Crippen molar-refractivity contribution in [3.63, 3.8) is 0 Å². The van der Waals surface area contributed by atoms with E-state index < -0.39 is 0 Å². The van der Waals surface area contributed by atoms with Gasteiger partial charge in [-0.2, -0.15) is 0 Å². The van der Waals surface area contributed by atoms with Crippen molar-refractivity contribution < 1.29 is 19.0 Å². The summed E-state index contributed by atoms with van der Waals surface area (Å²) in [4.78, 5) is 14.4. The first-order chi connectivity index (χ1) is 16.8. The summed E-state index contributed by atoms with van der Waals surface area (Å²) in [6, 6.07) is 19.6. The van der Waals surface area contributed by atoms with Crippen molar-refractivity contribution in [1.82, 2.24) is 4.90 Å². The molecule has 0 bridgehead atoms. The molecule has 0 aliphatic carbocycles. The molecule has 5 nitrogen and oxygen atoms in total. The summed E-state index contributed by atoms with van der Waals surface area (Å²) in [6.45, 7) is 9.16. The summed E-state index contributed by atoms with van der Waals surface area (Å²) in [5, 5.41) is 0. The first-order valence-electron chi connectivity index (χ1n) is 11.9. The third kappa shape index (κ3) is 7.12. The Morgan fingerprint density at radius 1 is 1.00 bits per heavy atom. The Morgan fingerprint density at radius 2 is 1.63 bits per heavy atom. The lowest BCUT2D eigenvalue weighted by Gasteiger charge is -2.23. The third-order valence-corrected chi connectivity index (χ3v) is 5.62. The predicted molar refractivity (Wildman–Crippen MR) is 141 cm³/mol. The monoisotopic (exact) mass is 473 g/mol. The number of hydrogen-bond acceptors (Lipinski definition) is 4. The van der Waals surface area contributed by atoms with Gasteiger partial charge in [-0.25, -0.2) is 0 Å². The lowest BCUT2D eigenvalue weighted by Crippen LogP contribution is -2.26. The van der Waals surface area contributed by atoms with Crippen molar-refractivity contribution in [2.75, 3.05) is 20.8 Å². The summed E-state index contributed by atoms with van der Waals surface area (Å²) in [5.41, 5.74) is 5.24. The molecule has 0 radical (unpaired) electrons. The van der Waals surface area contributed by atoms with Crippen LogP contribution in [0.25, 0.3) is 6.08 Å². The fourth-order valence-corrected chi connectivity index (χ4v) is 3.69. The number of benzene rings is 3. The summed E-state index contributed by atoms with van der Waals surface area (Å²) in [5.74, 6) is 2.16. The highest BCUT2D eigenvalue weighted by Gasteiger charge is 2.19. The van der Waals surface area contributed by atoms with Gasteiger partial charge in [-0.15, -0.1) is 0 Å². The van der Waals surface area contributed by atoms with Crippen LogP contribution in [0.3, 0.4) is 0 Å². The van der Waals surface area contributed by atoms with E-state index in [0.717, 1.165) is 22.6 Å². The number of nitrogens with zero attached hydrogens (tertiary/aromatic N) is 1. The number of hydrogen-bond donors (Lipinski definition) is 0. The Hall–Kier alpha value is -3.73. The zero-order valence-electron chi connectivity index (χ0n) is 21.5. The maximum absolute atomic E-state index is 12.7. The van der Waals surface area contributed by atoms with Crippen LogP contribution in [0.1, 0.15) is 46.5 Å². The van der Waals surface area contributed by atoms with Crippen LogP contribution < -0.4 is 14.2 Å². The van der Waals surface area contributed by atoms with Gasteiger partial charge in [0.25, 0.3) is 5.91 Å². The predicted octanol–water partition coefficient (Wildman–Crippen LogP) is 6.46. The van der Waals surface area contributed by atoms with E-state index in [9.17, 15) is 4.79 Å². The van der Waals surface area contributed by atoms with Crippen molar-refractivity contribution in [2.45, 2.75) is 40.3 Å². The summed E-state index contributed by atoms with van der Waals surface area (Å²) in [6.07, 6.45) is 4.07. The molecule has 1 heterocycles. The summed E-state index contributed by atoms with van der Waals surface area (Å²) >= 11 is 0. The molecule has 1 atom stereocenters. The Morgan fingerprint density at radius 3 is 2.20 bits per heavy atom. The van der Waals surface area contributed by atoms with Gasteiger partial charge in [0.2, 0.25) is 0 Å². The van der Waals surface area contributed by atoms with Crippen LogP contribution in [0, 0.1) is 13.8 Å². The van der Waals surface area contributed by atoms with E-state index in [1.54, 1.807) is 43.3 Å². The van der Waals surface area contributed by atoms with E-state index in [4.69, 9.17) is 14.2 Å². The SMILES string of the molecule is CCOc1cc(CN(C)C(=O)c2ccc(OC)cc2)cc2c1OC(C)C=C2.Cc1ccc(C)cc1. The van der Waals surface area contributed by atoms with Crippen molar-refractivity contribution in [1.29, 1.82) is 0 Å². The lowest BCUT2D eigenvalue weighted by molar-refractivity contribution is 0.0785. The molecule has 1 amide bonds. The van der Waals surface area contributed by atoms with Crippen LogP contribution in [-0.2, 0) is 6.54 Å². The zero-order valence-corrected chi connectivity index (χ0v) is 21.5. The van der Waals surface area contributed by atoms with Crippen LogP contribution in [0.4, 0.5) is 0 Å². The Kier molecular flexibility index (Phi) is 8.96. The molecule has 3 aromatic carbocycles. The second-order valence-corrected chi connectivity index (χ2v) is 8.67. The van der Waals surface area contributed by atoms with Crippen molar-refractivity contribution in [3.8, 4) is 17.2 Å². The molecule has 184 valence electrons. The molecular weight excluding hydrogens is 438 g/mol.